The van der Waals surface area contributed by atoms with Crippen molar-refractivity contribution in [2.24, 2.45) is 0 Å². The van der Waals surface area contributed by atoms with Crippen molar-refractivity contribution in [1.29, 1.82) is 0 Å². The second kappa shape index (κ2) is 8.02. The summed E-state index contributed by atoms with van der Waals surface area (Å²) in [5.41, 5.74) is 2.47. The zero-order chi connectivity index (χ0) is 19.6. The number of amides is 1. The summed E-state index contributed by atoms with van der Waals surface area (Å²) in [7, 11) is 0. The van der Waals surface area contributed by atoms with Crippen LogP contribution >= 0.6 is 22.9 Å². The minimum atomic E-state index is -0.371. The number of rotatable bonds is 6. The Kier molecular flexibility index (Phi) is 5.47. The lowest BCUT2D eigenvalue weighted by Crippen LogP contribution is -2.51. The molecule has 4 rings (SSSR count). The molecule has 0 saturated heterocycles. The van der Waals surface area contributed by atoms with E-state index in [9.17, 15) is 9.18 Å². The van der Waals surface area contributed by atoms with Crippen molar-refractivity contribution in [1.82, 2.24) is 10.3 Å². The Balaban J connectivity index is 1.40. The van der Waals surface area contributed by atoms with Gasteiger partial charge in [0.05, 0.1) is 22.7 Å². The number of nitrogens with one attached hydrogen (secondary N) is 1. The second-order valence-electron chi connectivity index (χ2n) is 7.21. The average Bonchev–Trinajstić information content (AvgIpc) is 3.06. The van der Waals surface area contributed by atoms with Crippen LogP contribution in [0.15, 0.2) is 53.9 Å². The highest BCUT2D eigenvalue weighted by atomic mass is 35.5. The minimum absolute atomic E-state index is 0.0522. The molecule has 1 N–H and O–H groups in total. The van der Waals surface area contributed by atoms with E-state index in [0.29, 0.717) is 11.4 Å². The van der Waals surface area contributed by atoms with Gasteiger partial charge >= 0.3 is 0 Å². The first-order valence-corrected chi connectivity index (χ1v) is 10.5. The number of carbonyl (C=O) groups excluding carboxylic acids is 1. The fourth-order valence-corrected chi connectivity index (χ4v) is 4.63. The predicted molar refractivity (Wildman–Crippen MR) is 110 cm³/mol. The van der Waals surface area contributed by atoms with Crippen molar-refractivity contribution in [3.63, 3.8) is 0 Å². The van der Waals surface area contributed by atoms with E-state index < -0.39 is 0 Å². The summed E-state index contributed by atoms with van der Waals surface area (Å²) < 4.78 is 13.2. The van der Waals surface area contributed by atoms with E-state index in [0.717, 1.165) is 41.1 Å². The summed E-state index contributed by atoms with van der Waals surface area (Å²) in [6, 6.07) is 14.1. The standard InChI is InChI=1S/C22H20ClFN2OS/c23-17-4-1-3-15(11-17)12-21-25-19(14-28-21)13-20(27)26-22(9-2-10-22)16-5-7-18(24)8-6-16/h1,3-8,11,14H,2,9-10,12-13H2,(H,26,27). The molecule has 3 nitrogen and oxygen atoms in total. The van der Waals surface area contributed by atoms with Gasteiger partial charge in [0.2, 0.25) is 5.91 Å². The summed E-state index contributed by atoms with van der Waals surface area (Å²) in [5, 5.41) is 6.77. The van der Waals surface area contributed by atoms with Crippen LogP contribution in [0.1, 0.15) is 41.1 Å². The third-order valence-electron chi connectivity index (χ3n) is 5.17. The van der Waals surface area contributed by atoms with E-state index in [1.165, 1.54) is 12.1 Å². The van der Waals surface area contributed by atoms with Crippen LogP contribution in [0.4, 0.5) is 4.39 Å². The lowest BCUT2D eigenvalue weighted by atomic mass is 9.71. The third kappa shape index (κ3) is 4.26. The zero-order valence-electron chi connectivity index (χ0n) is 15.3. The summed E-state index contributed by atoms with van der Waals surface area (Å²) in [5.74, 6) is -0.317. The zero-order valence-corrected chi connectivity index (χ0v) is 16.8. The van der Waals surface area contributed by atoms with Crippen molar-refractivity contribution >= 4 is 28.8 Å². The number of carbonyl (C=O) groups is 1. The average molecular weight is 415 g/mol. The highest BCUT2D eigenvalue weighted by Crippen LogP contribution is 2.41. The van der Waals surface area contributed by atoms with Gasteiger partial charge in [0.25, 0.3) is 0 Å². The van der Waals surface area contributed by atoms with E-state index >= 15 is 0 Å². The van der Waals surface area contributed by atoms with Crippen molar-refractivity contribution in [2.45, 2.75) is 37.6 Å². The number of thiazole rings is 1. The molecule has 2 aromatic carbocycles. The molecule has 0 radical (unpaired) electrons. The normalized spacial score (nSPS) is 15.1. The Labute approximate surface area is 172 Å². The lowest BCUT2D eigenvalue weighted by molar-refractivity contribution is -0.123. The molecule has 1 amide bonds. The fraction of sp³-hybridized carbons (Fsp3) is 0.273. The smallest absolute Gasteiger partial charge is 0.226 e. The molecule has 0 aliphatic heterocycles. The van der Waals surface area contributed by atoms with Gasteiger partial charge in [0, 0.05) is 16.8 Å². The maximum atomic E-state index is 13.2. The third-order valence-corrected chi connectivity index (χ3v) is 6.30. The van der Waals surface area contributed by atoms with Gasteiger partial charge in [-0.15, -0.1) is 11.3 Å². The SMILES string of the molecule is O=C(Cc1csc(Cc2cccc(Cl)c2)n1)NC1(c2ccc(F)cc2)CCC1. The van der Waals surface area contributed by atoms with Crippen LogP contribution < -0.4 is 5.32 Å². The maximum absolute atomic E-state index is 13.2. The fourth-order valence-electron chi connectivity index (χ4n) is 3.59. The van der Waals surface area contributed by atoms with E-state index in [4.69, 9.17) is 11.6 Å². The molecule has 1 aliphatic rings. The van der Waals surface area contributed by atoms with Gasteiger partial charge in [-0.3, -0.25) is 4.79 Å². The number of nitrogens with zero attached hydrogens (tertiary/aromatic N) is 1. The van der Waals surface area contributed by atoms with Crippen LogP contribution in [0.2, 0.25) is 5.02 Å². The Morgan fingerprint density at radius 3 is 2.68 bits per heavy atom. The summed E-state index contributed by atoms with van der Waals surface area (Å²) in [4.78, 5) is 17.2. The number of hydrogen-bond acceptors (Lipinski definition) is 3. The van der Waals surface area contributed by atoms with E-state index in [1.54, 1.807) is 23.5 Å². The minimum Gasteiger partial charge on any atom is -0.346 e. The van der Waals surface area contributed by atoms with E-state index in [2.05, 4.69) is 10.3 Å². The first-order chi connectivity index (χ1) is 13.5. The van der Waals surface area contributed by atoms with Crippen molar-refractivity contribution in [3.8, 4) is 0 Å². The molecular weight excluding hydrogens is 395 g/mol. The van der Waals surface area contributed by atoms with Gasteiger partial charge in [-0.2, -0.15) is 0 Å². The first-order valence-electron chi connectivity index (χ1n) is 9.27. The van der Waals surface area contributed by atoms with Crippen LogP contribution in [-0.4, -0.2) is 10.9 Å². The Hall–Kier alpha value is -2.24. The van der Waals surface area contributed by atoms with Gasteiger partial charge in [0.15, 0.2) is 0 Å². The van der Waals surface area contributed by atoms with E-state index in [-0.39, 0.29) is 23.7 Å². The topological polar surface area (TPSA) is 42.0 Å². The Morgan fingerprint density at radius 1 is 1.21 bits per heavy atom. The first kappa shape index (κ1) is 19.1. The van der Waals surface area contributed by atoms with Crippen molar-refractivity contribution in [3.05, 3.63) is 86.6 Å². The molecule has 1 saturated carbocycles. The van der Waals surface area contributed by atoms with Gasteiger partial charge < -0.3 is 5.32 Å². The number of aromatic nitrogens is 1. The maximum Gasteiger partial charge on any atom is 0.226 e. The predicted octanol–water partition coefficient (Wildman–Crippen LogP) is 5.26. The molecule has 1 heterocycles. The van der Waals surface area contributed by atoms with Gasteiger partial charge in [-0.1, -0.05) is 35.9 Å². The molecule has 0 unspecified atom stereocenters. The molecule has 144 valence electrons. The summed E-state index contributed by atoms with van der Waals surface area (Å²) in [6.45, 7) is 0. The molecule has 0 spiro atoms. The monoisotopic (exact) mass is 414 g/mol. The molecule has 3 aromatic rings. The summed E-state index contributed by atoms with van der Waals surface area (Å²) >= 11 is 7.59. The molecular formula is C22H20ClFN2OS. The number of benzene rings is 2. The quantitative estimate of drug-likeness (QED) is 0.597. The highest BCUT2D eigenvalue weighted by molar-refractivity contribution is 7.09. The lowest BCUT2D eigenvalue weighted by Gasteiger charge is -2.43. The molecule has 0 bridgehead atoms. The summed E-state index contributed by atoms with van der Waals surface area (Å²) in [6.07, 6.45) is 3.75. The molecule has 0 atom stereocenters. The second-order valence-corrected chi connectivity index (χ2v) is 8.59. The Bertz CT molecular complexity index is 982. The van der Waals surface area contributed by atoms with Crippen LogP contribution in [0.3, 0.4) is 0 Å². The van der Waals surface area contributed by atoms with Crippen LogP contribution in [0.5, 0.6) is 0 Å². The molecule has 1 aliphatic carbocycles. The largest absolute Gasteiger partial charge is 0.346 e. The molecule has 28 heavy (non-hydrogen) atoms. The van der Waals surface area contributed by atoms with Gasteiger partial charge in [-0.25, -0.2) is 9.37 Å². The molecule has 1 fully saturated rings. The molecule has 6 heteroatoms. The number of hydrogen-bond donors (Lipinski definition) is 1. The van der Waals surface area contributed by atoms with E-state index in [1.807, 2.05) is 29.6 Å². The van der Waals surface area contributed by atoms with Crippen LogP contribution in [0, 0.1) is 5.82 Å². The van der Waals surface area contributed by atoms with Crippen LogP contribution in [0.25, 0.3) is 0 Å². The van der Waals surface area contributed by atoms with Crippen LogP contribution in [-0.2, 0) is 23.2 Å². The van der Waals surface area contributed by atoms with Crippen molar-refractivity contribution in [2.75, 3.05) is 0 Å². The van der Waals surface area contributed by atoms with Gasteiger partial charge in [0.1, 0.15) is 5.82 Å². The van der Waals surface area contributed by atoms with Crippen molar-refractivity contribution < 1.29 is 9.18 Å². The molecule has 1 aromatic heterocycles. The highest BCUT2D eigenvalue weighted by Gasteiger charge is 2.39. The van der Waals surface area contributed by atoms with Gasteiger partial charge in [-0.05, 0) is 54.7 Å². The number of halogens is 2. The Morgan fingerprint density at radius 2 is 2.00 bits per heavy atom.